The molecule has 3 heterocycles. The Kier molecular flexibility index (Phi) is 23.3. The zero-order chi connectivity index (χ0) is 68.5. The fraction of sp³-hybridized carbons (Fsp3) is 0.263. The van der Waals surface area contributed by atoms with Crippen molar-refractivity contribution in [2.24, 2.45) is 0 Å². The summed E-state index contributed by atoms with van der Waals surface area (Å²) in [6.45, 7) is 4.18. The molecule has 0 radical (unpaired) electrons. The average Bonchev–Trinajstić information content (AvgIpc) is 0.764. The standard InChI is InChI=1S/C76H68O21S/c1-4-98-76-65(97-75-64(95-73(84)55-43-27-12-28-44-55)61(92-70(81)52-37-21-9-22-38-52)58(47(3)87-75)90-68(79)50-33-17-7-18-34-50)62(93-71(82)53-39-23-10-24-40-53)59(56(88-76)45-85-66(77)48-29-13-5-14-30-48)96-74-63(94-72(83)54-41-25-11-26-42-54)60(91-69(80)51-35-19-8-20-36-51)57(46(2)86-74)89-67(78)49-31-15-6-16-32-49/h5-44,46-47,56-65,74-76H,4,45H2,1-3H3/t46-,47-,56+,57-,58-,59+,60+,61+,62-,63+,64+,65+,74-,75-,76-/m0/s1. The topological polar surface area (TPSA) is 257 Å². The van der Waals surface area contributed by atoms with Crippen LogP contribution in [-0.2, 0) is 61.6 Å². The molecule has 3 fully saturated rings. The Morgan fingerprint density at radius 1 is 0.296 bits per heavy atom. The van der Waals surface area contributed by atoms with Gasteiger partial charge in [0.05, 0.1) is 56.7 Å². The summed E-state index contributed by atoms with van der Waals surface area (Å²) in [6.07, 6.45) is -23.5. The van der Waals surface area contributed by atoms with Crippen LogP contribution in [0.5, 0.6) is 0 Å². The van der Waals surface area contributed by atoms with E-state index in [1.165, 1.54) is 111 Å². The van der Waals surface area contributed by atoms with E-state index in [2.05, 4.69) is 0 Å². The summed E-state index contributed by atoms with van der Waals surface area (Å²) in [6, 6.07) is 63.3. The summed E-state index contributed by atoms with van der Waals surface area (Å²) in [4.78, 5) is 116. The fourth-order valence-corrected chi connectivity index (χ4v) is 12.2. The van der Waals surface area contributed by atoms with Gasteiger partial charge in [0.25, 0.3) is 0 Å². The summed E-state index contributed by atoms with van der Waals surface area (Å²) in [5, 5.41) is 0. The Labute approximate surface area is 568 Å². The number of carbonyl (C=O) groups excluding carboxylic acids is 8. The van der Waals surface area contributed by atoms with Gasteiger partial charge in [0.1, 0.15) is 30.4 Å². The number of ether oxygens (including phenoxy) is 13. The summed E-state index contributed by atoms with van der Waals surface area (Å²) in [7, 11) is 0. The van der Waals surface area contributed by atoms with Gasteiger partial charge in [0.15, 0.2) is 55.3 Å². The van der Waals surface area contributed by atoms with Gasteiger partial charge in [0, 0.05) is 0 Å². The molecule has 0 saturated carbocycles. The lowest BCUT2D eigenvalue weighted by molar-refractivity contribution is -0.352. The smallest absolute Gasteiger partial charge is 0.338 e. The first-order chi connectivity index (χ1) is 47.7. The minimum absolute atomic E-state index is 0.0270. The van der Waals surface area contributed by atoms with Crippen molar-refractivity contribution in [3.63, 3.8) is 0 Å². The molecule has 15 atom stereocenters. The lowest BCUT2D eigenvalue weighted by atomic mass is 9.95. The first-order valence-corrected chi connectivity index (χ1v) is 32.7. The number of hydrogen-bond acceptors (Lipinski definition) is 22. The number of carbonyl (C=O) groups is 8. The Morgan fingerprint density at radius 3 is 0.806 bits per heavy atom. The van der Waals surface area contributed by atoms with Gasteiger partial charge in [-0.2, -0.15) is 0 Å². The van der Waals surface area contributed by atoms with Crippen molar-refractivity contribution in [3.8, 4) is 0 Å². The van der Waals surface area contributed by atoms with Crippen molar-refractivity contribution in [1.82, 2.24) is 0 Å². The maximum atomic E-state index is 15.1. The van der Waals surface area contributed by atoms with Crippen molar-refractivity contribution >= 4 is 59.5 Å². The second-order valence-corrected chi connectivity index (χ2v) is 24.1. The highest BCUT2D eigenvalue weighted by Gasteiger charge is 2.59. The van der Waals surface area contributed by atoms with Crippen molar-refractivity contribution in [3.05, 3.63) is 287 Å². The lowest BCUT2D eigenvalue weighted by Crippen LogP contribution is -2.67. The number of esters is 8. The Hall–Kier alpha value is -10.3. The van der Waals surface area contributed by atoms with Crippen LogP contribution in [0.2, 0.25) is 0 Å². The molecule has 0 bridgehead atoms. The third-order valence-corrected chi connectivity index (χ3v) is 17.2. The summed E-state index contributed by atoms with van der Waals surface area (Å²) >= 11 is 1.14. The maximum absolute atomic E-state index is 15.1. The minimum Gasteiger partial charge on any atom is -0.459 e. The van der Waals surface area contributed by atoms with Crippen LogP contribution in [0.25, 0.3) is 0 Å². The molecule has 0 spiro atoms. The van der Waals surface area contributed by atoms with E-state index in [1.54, 1.807) is 153 Å². The van der Waals surface area contributed by atoms with Gasteiger partial charge in [-0.1, -0.05) is 153 Å². The number of hydrogen-bond donors (Lipinski definition) is 0. The van der Waals surface area contributed by atoms with Crippen molar-refractivity contribution in [1.29, 1.82) is 0 Å². The van der Waals surface area contributed by atoms with Crippen LogP contribution in [0.1, 0.15) is 104 Å². The molecule has 3 saturated heterocycles. The molecular formula is C76H68O21S. The maximum Gasteiger partial charge on any atom is 0.338 e. The third kappa shape index (κ3) is 17.1. The number of benzene rings is 8. The Bertz CT molecular complexity index is 3970. The summed E-state index contributed by atoms with van der Waals surface area (Å²) in [5.41, 5.74) is -0.673. The number of thioether (sulfide) groups is 1. The first kappa shape index (κ1) is 69.0. The minimum atomic E-state index is -1.93. The van der Waals surface area contributed by atoms with E-state index in [0.717, 1.165) is 11.8 Å². The van der Waals surface area contributed by atoms with E-state index >= 15 is 4.79 Å². The molecule has 8 aromatic carbocycles. The lowest BCUT2D eigenvalue weighted by Gasteiger charge is -2.50. The highest BCUT2D eigenvalue weighted by molar-refractivity contribution is 7.99. The zero-order valence-electron chi connectivity index (χ0n) is 53.1. The van der Waals surface area contributed by atoms with Crippen LogP contribution in [0.4, 0.5) is 0 Å². The van der Waals surface area contributed by atoms with Crippen LogP contribution < -0.4 is 0 Å². The number of rotatable bonds is 23. The molecule has 0 aliphatic carbocycles. The monoisotopic (exact) mass is 1350 g/mol. The predicted molar refractivity (Wildman–Crippen MR) is 351 cm³/mol. The molecule has 504 valence electrons. The fourth-order valence-electron chi connectivity index (χ4n) is 11.2. The van der Waals surface area contributed by atoms with Crippen molar-refractivity contribution in [2.45, 2.75) is 112 Å². The average molecular weight is 1350 g/mol. The normalized spacial score (nSPS) is 25.0. The van der Waals surface area contributed by atoms with Crippen LogP contribution in [0.3, 0.4) is 0 Å². The van der Waals surface area contributed by atoms with Gasteiger partial charge in [-0.15, -0.1) is 11.8 Å². The van der Waals surface area contributed by atoms with E-state index < -0.39 is 146 Å². The van der Waals surface area contributed by atoms with Gasteiger partial charge in [-0.05, 0) is 117 Å². The zero-order valence-corrected chi connectivity index (χ0v) is 54.0. The quantitative estimate of drug-likeness (QED) is 0.0426. The summed E-state index contributed by atoms with van der Waals surface area (Å²) < 4.78 is 85.5. The SMILES string of the molecule is CCS[C@@H]1O[C@H](COC(=O)c2ccccc2)[C@@H](O[C@@H]2O[C@@H](C)[C@H](OC(=O)c3ccccc3)[C@@H](OC(=O)c3ccccc3)[C@H]2OC(=O)c2ccccc2)[C@H](OC(=O)c2ccccc2)[C@H]1O[C@@H]1O[C@@H](C)[C@H](OC(=O)c2ccccc2)[C@@H](OC(=O)c2ccccc2)[C@H]1OC(=O)c1ccccc1. The van der Waals surface area contributed by atoms with E-state index in [9.17, 15) is 33.6 Å². The molecule has 0 amide bonds. The van der Waals surface area contributed by atoms with Crippen LogP contribution in [0, 0.1) is 0 Å². The molecule has 3 aliphatic heterocycles. The van der Waals surface area contributed by atoms with E-state index in [4.69, 9.17) is 61.6 Å². The van der Waals surface area contributed by atoms with Gasteiger partial charge in [0.2, 0.25) is 0 Å². The van der Waals surface area contributed by atoms with Crippen LogP contribution in [-0.4, -0.2) is 151 Å². The molecule has 21 nitrogen and oxygen atoms in total. The highest BCUT2D eigenvalue weighted by Crippen LogP contribution is 2.41. The predicted octanol–water partition coefficient (Wildman–Crippen LogP) is 11.2. The molecule has 22 heteroatoms. The second-order valence-electron chi connectivity index (χ2n) is 22.7. The van der Waals surface area contributed by atoms with E-state index in [1.807, 2.05) is 0 Å². The van der Waals surface area contributed by atoms with Gasteiger partial charge in [-0.3, -0.25) is 0 Å². The molecule has 8 aromatic rings. The molecule has 0 N–H and O–H groups in total. The Morgan fingerprint density at radius 2 is 0.531 bits per heavy atom. The van der Waals surface area contributed by atoms with Crippen LogP contribution in [0.15, 0.2) is 243 Å². The van der Waals surface area contributed by atoms with Gasteiger partial charge in [-0.25, -0.2) is 38.4 Å². The van der Waals surface area contributed by atoms with Crippen LogP contribution >= 0.6 is 11.8 Å². The molecule has 98 heavy (non-hydrogen) atoms. The third-order valence-electron chi connectivity index (χ3n) is 16.1. The molecular weight excluding hydrogens is 1280 g/mol. The first-order valence-electron chi connectivity index (χ1n) is 31.6. The second kappa shape index (κ2) is 33.1. The molecule has 11 rings (SSSR count). The van der Waals surface area contributed by atoms with Gasteiger partial charge < -0.3 is 61.6 Å². The highest BCUT2D eigenvalue weighted by atomic mass is 32.2. The Balaban J connectivity index is 1.05. The summed E-state index contributed by atoms with van der Waals surface area (Å²) in [5.74, 6) is -7.00. The molecule has 3 aliphatic rings. The van der Waals surface area contributed by atoms with E-state index in [-0.39, 0.29) is 50.3 Å². The van der Waals surface area contributed by atoms with Gasteiger partial charge >= 0.3 is 47.8 Å². The largest absolute Gasteiger partial charge is 0.459 e. The molecule has 0 unspecified atom stereocenters. The van der Waals surface area contributed by atoms with Crippen molar-refractivity contribution in [2.75, 3.05) is 12.4 Å². The van der Waals surface area contributed by atoms with E-state index in [0.29, 0.717) is 0 Å². The van der Waals surface area contributed by atoms with Crippen molar-refractivity contribution < 1.29 is 99.9 Å². The molecule has 0 aromatic heterocycles.